The maximum Gasteiger partial charge on any atom is 0.243 e. The Hall–Kier alpha value is -1.20. The molecule has 0 aromatic heterocycles. The van der Waals surface area contributed by atoms with Crippen molar-refractivity contribution in [2.75, 3.05) is 13.1 Å². The molecule has 0 unspecified atom stereocenters. The smallest absolute Gasteiger partial charge is 0.243 e. The number of rotatable bonds is 5. The summed E-state index contributed by atoms with van der Waals surface area (Å²) in [4.78, 5) is 13.0. The van der Waals surface area contributed by atoms with Crippen LogP contribution in [-0.4, -0.2) is 31.6 Å². The van der Waals surface area contributed by atoms with Crippen molar-refractivity contribution in [3.63, 3.8) is 0 Å². The molecule has 26 heavy (non-hydrogen) atoms. The van der Waals surface area contributed by atoms with Gasteiger partial charge in [0.2, 0.25) is 10.0 Å². The molecule has 2 aliphatic rings. The third-order valence-corrected chi connectivity index (χ3v) is 8.13. The zero-order chi connectivity index (χ0) is 18.7. The molecule has 1 aliphatic heterocycles. The highest BCUT2D eigenvalue weighted by molar-refractivity contribution is 7.89. The highest BCUT2D eigenvalue weighted by Gasteiger charge is 2.33. The molecular weight excluding hydrogens is 346 g/mol. The Kier molecular flexibility index (Phi) is 6.18. The Morgan fingerprint density at radius 2 is 1.69 bits per heavy atom. The van der Waals surface area contributed by atoms with E-state index in [-0.39, 0.29) is 5.92 Å². The number of carbonyl (C=O) groups excluding carboxylic acids is 1. The molecule has 0 N–H and O–H groups in total. The SMILES string of the molecule is Cc1ccc(S(=O)(=O)N2CCC(C(=O)CC3CCCCC3)CC2)c(C)c1. The Labute approximate surface area is 158 Å². The summed E-state index contributed by atoms with van der Waals surface area (Å²) in [5, 5.41) is 0. The standard InChI is InChI=1S/C21H31NO3S/c1-16-8-9-21(17(2)14-16)26(24,25)22-12-10-19(11-13-22)20(23)15-18-6-4-3-5-7-18/h8-9,14,18-19H,3-7,10-13,15H2,1-2H3. The van der Waals surface area contributed by atoms with Crippen molar-refractivity contribution >= 4 is 15.8 Å². The lowest BCUT2D eigenvalue weighted by atomic mass is 9.81. The molecule has 0 bridgehead atoms. The molecule has 3 rings (SSSR count). The maximum absolute atomic E-state index is 13.0. The van der Waals surface area contributed by atoms with Crippen molar-refractivity contribution in [2.45, 2.75) is 70.1 Å². The van der Waals surface area contributed by atoms with Gasteiger partial charge in [-0.1, -0.05) is 49.8 Å². The van der Waals surface area contributed by atoms with Crippen LogP contribution in [-0.2, 0) is 14.8 Å². The van der Waals surface area contributed by atoms with Crippen molar-refractivity contribution in [3.8, 4) is 0 Å². The molecule has 1 aromatic rings. The van der Waals surface area contributed by atoms with Crippen molar-refractivity contribution in [3.05, 3.63) is 29.3 Å². The van der Waals surface area contributed by atoms with Crippen LogP contribution < -0.4 is 0 Å². The number of nitrogens with zero attached hydrogens (tertiary/aromatic N) is 1. The normalized spacial score (nSPS) is 21.0. The predicted molar refractivity (Wildman–Crippen MR) is 104 cm³/mol. The highest BCUT2D eigenvalue weighted by atomic mass is 32.2. The van der Waals surface area contributed by atoms with Crippen molar-refractivity contribution < 1.29 is 13.2 Å². The van der Waals surface area contributed by atoms with Crippen LogP contribution in [0.3, 0.4) is 0 Å². The van der Waals surface area contributed by atoms with Crippen LogP contribution in [0.15, 0.2) is 23.1 Å². The van der Waals surface area contributed by atoms with Gasteiger partial charge in [0.25, 0.3) is 0 Å². The number of Topliss-reactive ketones (excluding diaryl/α,β-unsaturated/α-hetero) is 1. The Morgan fingerprint density at radius 3 is 2.31 bits per heavy atom. The summed E-state index contributed by atoms with van der Waals surface area (Å²) in [7, 11) is -3.46. The number of piperidine rings is 1. The zero-order valence-electron chi connectivity index (χ0n) is 16.0. The lowest BCUT2D eigenvalue weighted by Crippen LogP contribution is -2.40. The summed E-state index contributed by atoms with van der Waals surface area (Å²) in [5.74, 6) is 0.969. The van der Waals surface area contributed by atoms with Crippen LogP contribution in [0.4, 0.5) is 0 Å². The van der Waals surface area contributed by atoms with Crippen LogP contribution in [0.25, 0.3) is 0 Å². The maximum atomic E-state index is 13.0. The largest absolute Gasteiger partial charge is 0.299 e. The minimum Gasteiger partial charge on any atom is -0.299 e. The van der Waals surface area contributed by atoms with E-state index >= 15 is 0 Å². The monoisotopic (exact) mass is 377 g/mol. The molecule has 1 saturated carbocycles. The number of hydrogen-bond acceptors (Lipinski definition) is 3. The first-order chi connectivity index (χ1) is 12.4. The van der Waals surface area contributed by atoms with Gasteiger partial charge in [0, 0.05) is 25.4 Å². The van der Waals surface area contributed by atoms with Gasteiger partial charge in [-0.3, -0.25) is 4.79 Å². The van der Waals surface area contributed by atoms with E-state index in [4.69, 9.17) is 0 Å². The van der Waals surface area contributed by atoms with Crippen molar-refractivity contribution in [2.24, 2.45) is 11.8 Å². The molecular formula is C21H31NO3S. The topological polar surface area (TPSA) is 54.5 Å². The number of sulfonamides is 1. The van der Waals surface area contributed by atoms with E-state index in [1.54, 1.807) is 10.4 Å². The molecule has 1 saturated heterocycles. The van der Waals surface area contributed by atoms with E-state index in [0.29, 0.717) is 48.9 Å². The fourth-order valence-corrected chi connectivity index (χ4v) is 6.16. The molecule has 0 atom stereocenters. The van der Waals surface area contributed by atoms with Gasteiger partial charge in [-0.15, -0.1) is 0 Å². The van der Waals surface area contributed by atoms with Gasteiger partial charge < -0.3 is 0 Å². The molecule has 4 nitrogen and oxygen atoms in total. The highest BCUT2D eigenvalue weighted by Crippen LogP contribution is 2.31. The van der Waals surface area contributed by atoms with Crippen LogP contribution >= 0.6 is 0 Å². The van der Waals surface area contributed by atoms with Gasteiger partial charge in [-0.05, 0) is 44.2 Å². The van der Waals surface area contributed by atoms with Crippen LogP contribution in [0.5, 0.6) is 0 Å². The second-order valence-corrected chi connectivity index (χ2v) is 10.0. The molecule has 1 aliphatic carbocycles. The first-order valence-electron chi connectivity index (χ1n) is 9.98. The minimum atomic E-state index is -3.46. The summed E-state index contributed by atoms with van der Waals surface area (Å²) < 4.78 is 27.5. The minimum absolute atomic E-state index is 0.0440. The van der Waals surface area contributed by atoms with E-state index in [0.717, 1.165) is 11.1 Å². The van der Waals surface area contributed by atoms with Gasteiger partial charge in [0.1, 0.15) is 5.78 Å². The summed E-state index contributed by atoms with van der Waals surface area (Å²) in [6.07, 6.45) is 8.21. The molecule has 2 fully saturated rings. The Morgan fingerprint density at radius 1 is 1.04 bits per heavy atom. The molecule has 0 amide bonds. The van der Waals surface area contributed by atoms with Crippen molar-refractivity contribution in [1.82, 2.24) is 4.31 Å². The first-order valence-corrected chi connectivity index (χ1v) is 11.4. The predicted octanol–water partition coefficient (Wildman–Crippen LogP) is 4.24. The Balaban J connectivity index is 1.59. The second kappa shape index (κ2) is 8.22. The third kappa shape index (κ3) is 4.37. The van der Waals surface area contributed by atoms with Gasteiger partial charge in [-0.25, -0.2) is 8.42 Å². The van der Waals surface area contributed by atoms with Crippen LogP contribution in [0.2, 0.25) is 0 Å². The summed E-state index contributed by atoms with van der Waals surface area (Å²) in [5.41, 5.74) is 1.86. The fraction of sp³-hybridized carbons (Fsp3) is 0.667. The number of aryl methyl sites for hydroxylation is 2. The van der Waals surface area contributed by atoms with E-state index in [9.17, 15) is 13.2 Å². The fourth-order valence-electron chi connectivity index (χ4n) is 4.49. The number of carbonyl (C=O) groups is 1. The lowest BCUT2D eigenvalue weighted by molar-refractivity contribution is -0.125. The zero-order valence-corrected chi connectivity index (χ0v) is 16.9. The average Bonchev–Trinajstić information content (AvgIpc) is 2.62. The van der Waals surface area contributed by atoms with Gasteiger partial charge in [0.15, 0.2) is 0 Å². The number of hydrogen-bond donors (Lipinski definition) is 0. The number of benzene rings is 1. The molecule has 1 heterocycles. The van der Waals surface area contributed by atoms with Gasteiger partial charge in [0.05, 0.1) is 4.90 Å². The number of ketones is 1. The second-order valence-electron chi connectivity index (χ2n) is 8.12. The third-order valence-electron chi connectivity index (χ3n) is 6.07. The van der Waals surface area contributed by atoms with Gasteiger partial charge in [-0.2, -0.15) is 4.31 Å². The summed E-state index contributed by atoms with van der Waals surface area (Å²) >= 11 is 0. The molecule has 0 radical (unpaired) electrons. The van der Waals surface area contributed by atoms with E-state index in [2.05, 4.69) is 0 Å². The quantitative estimate of drug-likeness (QED) is 0.771. The summed E-state index contributed by atoms with van der Waals surface area (Å²) in [6.45, 7) is 4.72. The van der Waals surface area contributed by atoms with E-state index in [1.165, 1.54) is 32.1 Å². The summed E-state index contributed by atoms with van der Waals surface area (Å²) in [6, 6.07) is 5.47. The average molecular weight is 378 g/mol. The molecule has 1 aromatic carbocycles. The van der Waals surface area contributed by atoms with Gasteiger partial charge >= 0.3 is 0 Å². The van der Waals surface area contributed by atoms with Crippen LogP contribution in [0.1, 0.15) is 62.5 Å². The lowest BCUT2D eigenvalue weighted by Gasteiger charge is -2.32. The molecule has 0 spiro atoms. The molecule has 5 heteroatoms. The Bertz CT molecular complexity index is 743. The van der Waals surface area contributed by atoms with E-state index in [1.807, 2.05) is 26.0 Å². The molecule has 144 valence electrons. The van der Waals surface area contributed by atoms with Crippen molar-refractivity contribution in [1.29, 1.82) is 0 Å². The first kappa shape index (κ1) is 19.6. The van der Waals surface area contributed by atoms with E-state index < -0.39 is 10.0 Å². The van der Waals surface area contributed by atoms with Crippen LogP contribution in [0, 0.1) is 25.7 Å².